The number of carboxylic acid groups (broad SMARTS) is 1. The summed E-state index contributed by atoms with van der Waals surface area (Å²) in [5, 5.41) is 11.1. The number of allylic oxidation sites excluding steroid dienone is 4. The molecule has 0 aliphatic heterocycles. The molecule has 4 N–H and O–H groups in total. The van der Waals surface area contributed by atoms with Gasteiger partial charge < -0.3 is 20.9 Å². The average molecular weight is 252 g/mol. The highest BCUT2D eigenvalue weighted by atomic mass is 16.5. The molecule has 1 amide bonds. The summed E-state index contributed by atoms with van der Waals surface area (Å²) in [6.07, 6.45) is 5.43. The van der Waals surface area contributed by atoms with Gasteiger partial charge in [-0.3, -0.25) is 4.79 Å². The molecule has 6 heteroatoms. The molecule has 0 fully saturated rings. The van der Waals surface area contributed by atoms with E-state index in [4.69, 9.17) is 10.8 Å². The number of carbonyl (C=O) groups excluding carboxylic acids is 1. The van der Waals surface area contributed by atoms with Gasteiger partial charge in [0.15, 0.2) is 0 Å². The Morgan fingerprint density at radius 3 is 2.44 bits per heavy atom. The van der Waals surface area contributed by atoms with E-state index < -0.39 is 17.6 Å². The molecular weight excluding hydrogens is 236 g/mol. The Labute approximate surface area is 105 Å². The highest BCUT2D eigenvalue weighted by Gasteiger charge is 2.09. The number of ether oxygens (including phenoxy) is 1. The molecule has 0 aliphatic rings. The lowest BCUT2D eigenvalue weighted by Crippen LogP contribution is -2.20. The Kier molecular flexibility index (Phi) is 6.65. The highest BCUT2D eigenvalue weighted by Crippen LogP contribution is 1.97. The van der Waals surface area contributed by atoms with Crippen LogP contribution in [0.15, 0.2) is 48.0 Å². The first-order chi connectivity index (χ1) is 8.40. The first-order valence-corrected chi connectivity index (χ1v) is 4.97. The lowest BCUT2D eigenvalue weighted by molar-refractivity contribution is -0.136. The number of nitrogens with two attached hydrogens (primary N) is 1. The van der Waals surface area contributed by atoms with Gasteiger partial charge in [0.1, 0.15) is 0 Å². The zero-order valence-electron chi connectivity index (χ0n) is 10.3. The van der Waals surface area contributed by atoms with Crippen molar-refractivity contribution in [2.24, 2.45) is 5.73 Å². The van der Waals surface area contributed by atoms with Gasteiger partial charge in [-0.15, -0.1) is 0 Å². The van der Waals surface area contributed by atoms with E-state index in [-0.39, 0.29) is 0 Å². The lowest BCUT2D eigenvalue weighted by Gasteiger charge is -2.03. The highest BCUT2D eigenvalue weighted by molar-refractivity contribution is 5.96. The largest absolute Gasteiger partial charge is 0.490 e. The van der Waals surface area contributed by atoms with Crippen LogP contribution >= 0.6 is 0 Å². The molecule has 0 aromatic carbocycles. The normalized spacial score (nSPS) is 12.9. The third-order valence-electron chi connectivity index (χ3n) is 1.77. The van der Waals surface area contributed by atoms with Gasteiger partial charge in [-0.25, -0.2) is 4.79 Å². The van der Waals surface area contributed by atoms with Crippen LogP contribution in [0, 0.1) is 0 Å². The van der Waals surface area contributed by atoms with Crippen molar-refractivity contribution in [3.8, 4) is 0 Å². The van der Waals surface area contributed by atoms with E-state index in [9.17, 15) is 9.59 Å². The van der Waals surface area contributed by atoms with Crippen molar-refractivity contribution in [2.45, 2.75) is 6.92 Å². The Morgan fingerprint density at radius 1 is 1.39 bits per heavy atom. The van der Waals surface area contributed by atoms with Crippen molar-refractivity contribution in [3.05, 3.63) is 48.0 Å². The Balaban J connectivity index is 4.67. The van der Waals surface area contributed by atoms with Crippen molar-refractivity contribution in [2.75, 3.05) is 7.11 Å². The fourth-order valence-electron chi connectivity index (χ4n) is 0.888. The van der Waals surface area contributed by atoms with Crippen LogP contribution in [0.5, 0.6) is 0 Å². The SMILES string of the molecule is C=C/C(N)=C\C=C(/C)NC(=O)/C=C(/OC)C(=O)O. The van der Waals surface area contributed by atoms with Crippen molar-refractivity contribution in [3.63, 3.8) is 0 Å². The van der Waals surface area contributed by atoms with E-state index in [1.54, 1.807) is 19.1 Å². The lowest BCUT2D eigenvalue weighted by atomic mass is 10.3. The molecule has 0 aromatic rings. The number of carbonyl (C=O) groups is 2. The second-order valence-corrected chi connectivity index (χ2v) is 3.23. The maximum atomic E-state index is 11.4. The van der Waals surface area contributed by atoms with Gasteiger partial charge in [-0.2, -0.15) is 0 Å². The summed E-state index contributed by atoms with van der Waals surface area (Å²) in [4.78, 5) is 22.0. The minimum absolute atomic E-state index is 0.443. The summed E-state index contributed by atoms with van der Waals surface area (Å²) in [7, 11) is 1.17. The minimum Gasteiger partial charge on any atom is -0.490 e. The first kappa shape index (κ1) is 15.5. The van der Waals surface area contributed by atoms with E-state index in [0.29, 0.717) is 11.4 Å². The van der Waals surface area contributed by atoms with E-state index in [2.05, 4.69) is 16.6 Å². The maximum absolute atomic E-state index is 11.4. The molecule has 6 nitrogen and oxygen atoms in total. The monoisotopic (exact) mass is 252 g/mol. The molecule has 0 saturated carbocycles. The van der Waals surface area contributed by atoms with Crippen LogP contribution in [0.25, 0.3) is 0 Å². The minimum atomic E-state index is -1.31. The number of aliphatic carboxylic acids is 1. The van der Waals surface area contributed by atoms with Gasteiger partial charge in [-0.1, -0.05) is 6.58 Å². The van der Waals surface area contributed by atoms with E-state index in [0.717, 1.165) is 6.08 Å². The summed E-state index contributed by atoms with van der Waals surface area (Å²) in [5.74, 6) is -2.36. The number of hydrogen-bond donors (Lipinski definition) is 3. The van der Waals surface area contributed by atoms with Gasteiger partial charge in [0, 0.05) is 11.4 Å². The van der Waals surface area contributed by atoms with Crippen LogP contribution in [0.1, 0.15) is 6.92 Å². The molecule has 0 spiro atoms. The van der Waals surface area contributed by atoms with E-state index in [1.807, 2.05) is 0 Å². The van der Waals surface area contributed by atoms with Crippen LogP contribution < -0.4 is 11.1 Å². The van der Waals surface area contributed by atoms with Gasteiger partial charge in [0.2, 0.25) is 5.76 Å². The van der Waals surface area contributed by atoms with Gasteiger partial charge >= 0.3 is 5.97 Å². The van der Waals surface area contributed by atoms with Crippen molar-refractivity contribution in [1.82, 2.24) is 5.32 Å². The summed E-state index contributed by atoms with van der Waals surface area (Å²) in [6, 6.07) is 0. The fraction of sp³-hybridized carbons (Fsp3) is 0.167. The van der Waals surface area contributed by atoms with Gasteiger partial charge in [0.25, 0.3) is 5.91 Å². The average Bonchev–Trinajstić information content (AvgIpc) is 2.32. The standard InChI is InChI=1S/C12H16N2O4/c1-4-9(13)6-5-8(2)14-11(15)7-10(18-3)12(16)17/h4-7H,1,13H2,2-3H3,(H,14,15)(H,16,17)/b8-5+,9-6+,10-7+. The Morgan fingerprint density at radius 2 is 2.00 bits per heavy atom. The maximum Gasteiger partial charge on any atom is 0.371 e. The molecule has 18 heavy (non-hydrogen) atoms. The molecule has 0 rings (SSSR count). The second-order valence-electron chi connectivity index (χ2n) is 3.23. The Hall–Kier alpha value is -2.50. The van der Waals surface area contributed by atoms with Crippen molar-refractivity contribution in [1.29, 1.82) is 0 Å². The number of methoxy groups -OCH3 is 1. The second kappa shape index (κ2) is 7.72. The van der Waals surface area contributed by atoms with Crippen LogP contribution in [-0.2, 0) is 14.3 Å². The van der Waals surface area contributed by atoms with Crippen molar-refractivity contribution >= 4 is 11.9 Å². The fourth-order valence-corrected chi connectivity index (χ4v) is 0.888. The van der Waals surface area contributed by atoms with Gasteiger partial charge in [0.05, 0.1) is 13.2 Å². The van der Waals surface area contributed by atoms with Crippen LogP contribution in [0.2, 0.25) is 0 Å². The molecule has 0 unspecified atom stereocenters. The Bertz CT molecular complexity index is 433. The molecule has 0 radical (unpaired) electrons. The number of rotatable bonds is 6. The zero-order chi connectivity index (χ0) is 14.1. The summed E-state index contributed by atoms with van der Waals surface area (Å²) in [5.41, 5.74) is 6.42. The van der Waals surface area contributed by atoms with Crippen LogP contribution in [-0.4, -0.2) is 24.1 Å². The van der Waals surface area contributed by atoms with Crippen LogP contribution in [0.4, 0.5) is 0 Å². The van der Waals surface area contributed by atoms with E-state index in [1.165, 1.54) is 13.2 Å². The third-order valence-corrected chi connectivity index (χ3v) is 1.77. The number of nitrogens with one attached hydrogen (secondary N) is 1. The number of hydrogen-bond acceptors (Lipinski definition) is 4. The molecule has 0 aliphatic carbocycles. The van der Waals surface area contributed by atoms with Gasteiger partial charge in [-0.05, 0) is 25.2 Å². The third kappa shape index (κ3) is 6.16. The summed E-state index contributed by atoms with van der Waals surface area (Å²) < 4.78 is 4.52. The molecular formula is C12H16N2O4. The molecule has 0 bridgehead atoms. The topological polar surface area (TPSA) is 102 Å². The first-order valence-electron chi connectivity index (χ1n) is 4.97. The molecule has 0 atom stereocenters. The zero-order valence-corrected chi connectivity index (χ0v) is 10.3. The number of amides is 1. The predicted octanol–water partition coefficient (Wildman–Crippen LogP) is 0.650. The summed E-state index contributed by atoms with van der Waals surface area (Å²) >= 11 is 0. The molecule has 0 heterocycles. The molecule has 0 aromatic heterocycles. The molecule has 0 saturated heterocycles. The molecule has 98 valence electrons. The number of carboxylic acids is 1. The van der Waals surface area contributed by atoms with Crippen LogP contribution in [0.3, 0.4) is 0 Å². The smallest absolute Gasteiger partial charge is 0.371 e. The van der Waals surface area contributed by atoms with E-state index >= 15 is 0 Å². The summed E-state index contributed by atoms with van der Waals surface area (Å²) in [6.45, 7) is 5.10. The predicted molar refractivity (Wildman–Crippen MR) is 67.1 cm³/mol. The quantitative estimate of drug-likeness (QED) is 0.366. The van der Waals surface area contributed by atoms with Crippen molar-refractivity contribution < 1.29 is 19.4 Å².